The molecule has 0 aliphatic carbocycles. The number of amidine groups is 1. The summed E-state index contributed by atoms with van der Waals surface area (Å²) in [5, 5.41) is 9.65. The van der Waals surface area contributed by atoms with Crippen LogP contribution in [-0.4, -0.2) is 40.9 Å². The molecule has 4 heteroatoms. The Bertz CT molecular complexity index is 444. The first-order valence-corrected chi connectivity index (χ1v) is 11.3. The number of allylic oxidation sites excluding steroid dienone is 2. The number of carbonyl (C=O) groups excluding carboxylic acids is 1. The molecule has 156 valence electrons. The van der Waals surface area contributed by atoms with Crippen molar-refractivity contribution in [3.8, 4) is 0 Å². The fourth-order valence-electron chi connectivity index (χ4n) is 3.56. The van der Waals surface area contributed by atoms with Crippen molar-refractivity contribution in [1.29, 1.82) is 0 Å². The first kappa shape index (κ1) is 23.9. The maximum atomic E-state index is 12.2. The third-order valence-electron chi connectivity index (χ3n) is 5.20. The Morgan fingerprint density at radius 1 is 1.00 bits per heavy atom. The molecule has 0 aromatic carbocycles. The van der Waals surface area contributed by atoms with Crippen molar-refractivity contribution in [2.24, 2.45) is 4.99 Å². The quantitative estimate of drug-likeness (QED) is 0.279. The van der Waals surface area contributed by atoms with Gasteiger partial charge >= 0.3 is 0 Å². The molecule has 0 saturated carbocycles. The zero-order valence-electron chi connectivity index (χ0n) is 17.8. The third kappa shape index (κ3) is 11.3. The third-order valence-corrected chi connectivity index (χ3v) is 5.20. The number of hydrogen-bond acceptors (Lipinski definition) is 3. The van der Waals surface area contributed by atoms with Crippen LogP contribution in [0, 0.1) is 0 Å². The number of aliphatic hydroxyl groups excluding tert-OH is 1. The van der Waals surface area contributed by atoms with Gasteiger partial charge in [0.1, 0.15) is 11.9 Å². The highest BCUT2D eigenvalue weighted by Crippen LogP contribution is 2.13. The minimum Gasteiger partial charge on any atom is -0.385 e. The maximum absolute atomic E-state index is 12.2. The summed E-state index contributed by atoms with van der Waals surface area (Å²) >= 11 is 0. The van der Waals surface area contributed by atoms with E-state index >= 15 is 0 Å². The van der Waals surface area contributed by atoms with Gasteiger partial charge in [0.25, 0.3) is 0 Å². The average Bonchev–Trinajstić information content (AvgIpc) is 3.15. The zero-order chi connectivity index (χ0) is 19.7. The van der Waals surface area contributed by atoms with Crippen LogP contribution in [0.15, 0.2) is 17.1 Å². The summed E-state index contributed by atoms with van der Waals surface area (Å²) in [5.74, 6) is 0.664. The second-order valence-electron chi connectivity index (χ2n) is 7.80. The molecule has 1 amide bonds. The Balaban J connectivity index is 1.90. The fraction of sp³-hybridized carbons (Fsp3) is 0.826. The monoisotopic (exact) mass is 378 g/mol. The molecule has 1 aliphatic heterocycles. The molecular formula is C23H42N2O2. The lowest BCUT2D eigenvalue weighted by molar-refractivity contribution is -0.127. The second kappa shape index (κ2) is 15.9. The van der Waals surface area contributed by atoms with Crippen molar-refractivity contribution >= 4 is 11.7 Å². The van der Waals surface area contributed by atoms with E-state index in [9.17, 15) is 9.90 Å². The molecule has 0 aromatic rings. The highest BCUT2D eigenvalue weighted by atomic mass is 16.3. The number of aliphatic hydroxyl groups is 1. The number of nitrogens with zero attached hydrogens (tertiary/aromatic N) is 2. The molecule has 1 N–H and O–H groups in total. The lowest BCUT2D eigenvalue weighted by Gasteiger charge is -2.19. The highest BCUT2D eigenvalue weighted by molar-refractivity contribution is 6.01. The van der Waals surface area contributed by atoms with Gasteiger partial charge in [-0.15, -0.1) is 0 Å². The van der Waals surface area contributed by atoms with Crippen molar-refractivity contribution in [2.45, 2.75) is 110 Å². The first-order chi connectivity index (χ1) is 13.2. The van der Waals surface area contributed by atoms with E-state index in [0.717, 1.165) is 12.8 Å². The largest absolute Gasteiger partial charge is 0.385 e. The van der Waals surface area contributed by atoms with Crippen LogP contribution in [0.4, 0.5) is 0 Å². The van der Waals surface area contributed by atoms with E-state index in [-0.39, 0.29) is 5.91 Å². The second-order valence-corrected chi connectivity index (χ2v) is 7.80. The van der Waals surface area contributed by atoms with E-state index in [1.807, 2.05) is 0 Å². The predicted octanol–water partition coefficient (Wildman–Crippen LogP) is 5.65. The van der Waals surface area contributed by atoms with Gasteiger partial charge in [-0.2, -0.15) is 0 Å². The van der Waals surface area contributed by atoms with Crippen LogP contribution in [-0.2, 0) is 4.79 Å². The van der Waals surface area contributed by atoms with Crippen LogP contribution in [0.5, 0.6) is 0 Å². The number of amides is 1. The molecule has 0 bridgehead atoms. The molecule has 1 heterocycles. The number of rotatable bonds is 16. The van der Waals surface area contributed by atoms with Crippen molar-refractivity contribution < 1.29 is 9.90 Å². The molecule has 0 spiro atoms. The Hall–Kier alpha value is -1.16. The van der Waals surface area contributed by atoms with Gasteiger partial charge in [-0.3, -0.25) is 14.7 Å². The zero-order valence-corrected chi connectivity index (χ0v) is 17.8. The maximum Gasteiger partial charge on any atom is 0.228 e. The Morgan fingerprint density at radius 3 is 2.15 bits per heavy atom. The van der Waals surface area contributed by atoms with Crippen LogP contribution in [0.2, 0.25) is 0 Å². The summed E-state index contributed by atoms with van der Waals surface area (Å²) < 4.78 is 0. The fourth-order valence-corrected chi connectivity index (χ4v) is 3.56. The Labute approximate surface area is 167 Å². The van der Waals surface area contributed by atoms with Gasteiger partial charge in [0.15, 0.2) is 0 Å². The van der Waals surface area contributed by atoms with E-state index in [2.05, 4.69) is 24.1 Å². The summed E-state index contributed by atoms with van der Waals surface area (Å²) in [4.78, 5) is 18.1. The molecule has 1 unspecified atom stereocenters. The van der Waals surface area contributed by atoms with Crippen molar-refractivity contribution in [1.82, 2.24) is 4.90 Å². The molecule has 1 aliphatic rings. The highest BCUT2D eigenvalue weighted by Gasteiger charge is 2.25. The summed E-state index contributed by atoms with van der Waals surface area (Å²) in [7, 11) is 0. The summed E-state index contributed by atoms with van der Waals surface area (Å²) in [6, 6.07) is 0. The first-order valence-electron chi connectivity index (χ1n) is 11.3. The van der Waals surface area contributed by atoms with Gasteiger partial charge in [-0.05, 0) is 39.0 Å². The smallest absolute Gasteiger partial charge is 0.228 e. The van der Waals surface area contributed by atoms with Crippen molar-refractivity contribution in [2.75, 3.05) is 13.1 Å². The molecule has 0 radical (unpaired) electrons. The molecule has 1 rings (SSSR count). The van der Waals surface area contributed by atoms with Gasteiger partial charge in [-0.25, -0.2) is 0 Å². The van der Waals surface area contributed by atoms with E-state index in [0.29, 0.717) is 25.3 Å². The minimum atomic E-state index is -0.648. The number of carbonyl (C=O) groups is 1. The lowest BCUT2D eigenvalue weighted by Crippen LogP contribution is -2.39. The van der Waals surface area contributed by atoms with Crippen LogP contribution < -0.4 is 0 Å². The topological polar surface area (TPSA) is 52.9 Å². The van der Waals surface area contributed by atoms with Crippen LogP contribution in [0.3, 0.4) is 0 Å². The summed E-state index contributed by atoms with van der Waals surface area (Å²) in [6.07, 6.45) is 21.1. The molecule has 0 aromatic heterocycles. The molecular weight excluding hydrogens is 336 g/mol. The summed E-state index contributed by atoms with van der Waals surface area (Å²) in [6.45, 7) is 5.19. The van der Waals surface area contributed by atoms with E-state index in [1.54, 1.807) is 11.8 Å². The number of hydrogen-bond donors (Lipinski definition) is 1. The Morgan fingerprint density at radius 2 is 1.56 bits per heavy atom. The van der Waals surface area contributed by atoms with Crippen LogP contribution in [0.1, 0.15) is 104 Å². The van der Waals surface area contributed by atoms with Gasteiger partial charge in [0.05, 0.1) is 6.54 Å². The predicted molar refractivity (Wildman–Crippen MR) is 115 cm³/mol. The summed E-state index contributed by atoms with van der Waals surface area (Å²) in [5.41, 5.74) is 0. The van der Waals surface area contributed by atoms with Gasteiger partial charge in [-0.1, -0.05) is 70.4 Å². The normalized spacial score (nSPS) is 15.5. The SMILES string of the molecule is CCCCCCCCC=CCCCCCCCC(=O)N1CCN=C1C(C)O. The van der Waals surface area contributed by atoms with Crippen LogP contribution >= 0.6 is 0 Å². The lowest BCUT2D eigenvalue weighted by atomic mass is 10.1. The average molecular weight is 379 g/mol. The number of aliphatic imine (C=N–C) groups is 1. The van der Waals surface area contributed by atoms with Gasteiger partial charge in [0, 0.05) is 13.0 Å². The van der Waals surface area contributed by atoms with Gasteiger partial charge in [0.2, 0.25) is 5.91 Å². The van der Waals surface area contributed by atoms with Crippen LogP contribution in [0.25, 0.3) is 0 Å². The van der Waals surface area contributed by atoms with Crippen molar-refractivity contribution in [3.05, 3.63) is 12.2 Å². The Kier molecular flexibility index (Phi) is 14.0. The van der Waals surface area contributed by atoms with E-state index in [1.165, 1.54) is 70.6 Å². The molecule has 0 saturated heterocycles. The van der Waals surface area contributed by atoms with Gasteiger partial charge < -0.3 is 5.11 Å². The minimum absolute atomic E-state index is 0.116. The molecule has 0 fully saturated rings. The van der Waals surface area contributed by atoms with Crippen molar-refractivity contribution in [3.63, 3.8) is 0 Å². The standard InChI is InChI=1S/C23H42N2O2/c1-3-4-5-6-7-8-9-10-11-12-13-14-15-16-17-18-22(27)25-20-19-24-23(25)21(2)26/h10-11,21,26H,3-9,12-20H2,1-2H3. The number of unbranched alkanes of at least 4 members (excludes halogenated alkanes) is 11. The van der Waals surface area contributed by atoms with E-state index in [4.69, 9.17) is 0 Å². The molecule has 27 heavy (non-hydrogen) atoms. The molecule has 4 nitrogen and oxygen atoms in total. The van der Waals surface area contributed by atoms with E-state index < -0.39 is 6.10 Å². The molecule has 1 atom stereocenters.